The van der Waals surface area contributed by atoms with Gasteiger partial charge in [0.1, 0.15) is 0 Å². The van der Waals surface area contributed by atoms with Crippen LogP contribution in [-0.2, 0) is 0 Å². The van der Waals surface area contributed by atoms with E-state index >= 15 is 0 Å². The summed E-state index contributed by atoms with van der Waals surface area (Å²) in [5.41, 5.74) is 5.00. The maximum atomic E-state index is 13.1. The Morgan fingerprint density at radius 1 is 0.760 bits per heavy atom. The van der Waals surface area contributed by atoms with Crippen LogP contribution in [0.25, 0.3) is 0 Å². The zero-order valence-electron chi connectivity index (χ0n) is 15.7. The molecule has 0 bridgehead atoms. The Labute approximate surface area is 155 Å². The molecule has 0 amide bonds. The van der Waals surface area contributed by atoms with E-state index in [0.29, 0.717) is 17.0 Å². The van der Waals surface area contributed by atoms with Crippen molar-refractivity contribution in [2.24, 2.45) is 0 Å². The van der Waals surface area contributed by atoms with E-state index in [-0.39, 0.29) is 22.9 Å². The normalized spacial score (nSPS) is 15.1. The lowest BCUT2D eigenvalue weighted by Gasteiger charge is -2.25. The highest BCUT2D eigenvalue weighted by molar-refractivity contribution is 7.97. The molecule has 1 aromatic carbocycles. The Hall–Kier alpha value is -1.31. The summed E-state index contributed by atoms with van der Waals surface area (Å²) >= 11 is 1.44. The molecule has 0 saturated heterocycles. The minimum atomic E-state index is -1.46. The van der Waals surface area contributed by atoms with Gasteiger partial charge < -0.3 is 0 Å². The van der Waals surface area contributed by atoms with Gasteiger partial charge in [-0.25, -0.2) is 0 Å². The highest BCUT2D eigenvalue weighted by Gasteiger charge is 2.43. The zero-order chi connectivity index (χ0) is 18.5. The predicted octanol–water partition coefficient (Wildman–Crippen LogP) is 6.22. The molecule has 2 nitrogen and oxygen atoms in total. The highest BCUT2D eigenvalue weighted by atomic mass is 32.1. The fourth-order valence-corrected chi connectivity index (χ4v) is 6.93. The number of fused-ring (bicyclic) bond motifs is 1. The topological polar surface area (TPSA) is 34.1 Å². The summed E-state index contributed by atoms with van der Waals surface area (Å²) in [7, 11) is -1.46. The van der Waals surface area contributed by atoms with Gasteiger partial charge in [-0.2, -0.15) is 11.3 Å². The molecule has 0 N–H and O–H groups in total. The zero-order valence-corrected chi connectivity index (χ0v) is 17.4. The van der Waals surface area contributed by atoms with Crippen LogP contribution in [0.5, 0.6) is 0 Å². The molecule has 4 heteroatoms. The second kappa shape index (κ2) is 6.78. The van der Waals surface area contributed by atoms with Gasteiger partial charge in [0.2, 0.25) is 0 Å². The monoisotopic (exact) mass is 372 g/mol. The van der Waals surface area contributed by atoms with Gasteiger partial charge in [-0.05, 0) is 39.7 Å². The molecule has 1 aromatic heterocycles. The van der Waals surface area contributed by atoms with Crippen LogP contribution in [0.3, 0.4) is 0 Å². The molecule has 0 saturated carbocycles. The molecule has 2 aromatic rings. The van der Waals surface area contributed by atoms with Crippen molar-refractivity contribution in [2.45, 2.75) is 59.3 Å². The first-order valence-corrected chi connectivity index (χ1v) is 11.1. The molecule has 132 valence electrons. The molecule has 2 heterocycles. The third-order valence-corrected chi connectivity index (χ3v) is 7.86. The van der Waals surface area contributed by atoms with Crippen molar-refractivity contribution >= 4 is 35.6 Å². The van der Waals surface area contributed by atoms with Crippen molar-refractivity contribution in [1.29, 1.82) is 0 Å². The molecular weight excluding hydrogens is 347 g/mol. The van der Waals surface area contributed by atoms with Gasteiger partial charge in [-0.3, -0.25) is 9.59 Å². The first-order chi connectivity index (χ1) is 11.7. The van der Waals surface area contributed by atoms with Gasteiger partial charge in [0.05, 0.1) is 7.92 Å². The van der Waals surface area contributed by atoms with Crippen molar-refractivity contribution in [3.8, 4) is 0 Å². The Balaban J connectivity index is 2.26. The van der Waals surface area contributed by atoms with E-state index < -0.39 is 7.92 Å². The average molecular weight is 372 g/mol. The Kier molecular flexibility index (Phi) is 5.01. The van der Waals surface area contributed by atoms with Crippen LogP contribution in [-0.4, -0.2) is 11.0 Å². The van der Waals surface area contributed by atoms with E-state index in [2.05, 4.69) is 53.7 Å². The number of carbonyl (C=O) groups excluding carboxylic acids is 2. The van der Waals surface area contributed by atoms with Crippen LogP contribution >= 0.6 is 19.3 Å². The van der Waals surface area contributed by atoms with E-state index in [0.717, 1.165) is 5.30 Å². The van der Waals surface area contributed by atoms with Gasteiger partial charge in [0.15, 0.2) is 11.0 Å². The maximum absolute atomic E-state index is 13.1. The Bertz CT molecular complexity index is 786. The maximum Gasteiger partial charge on any atom is 0.198 e. The predicted molar refractivity (Wildman–Crippen MR) is 108 cm³/mol. The SMILES string of the molecule is CC(C)c1cc(C(C)C)c(P2C(=O)c3cscc3C2=O)c(C(C)C)c1. The van der Waals surface area contributed by atoms with Crippen LogP contribution in [0.2, 0.25) is 0 Å². The summed E-state index contributed by atoms with van der Waals surface area (Å²) in [6.07, 6.45) is 0. The fraction of sp³-hybridized carbons (Fsp3) is 0.429. The molecule has 0 aliphatic carbocycles. The second-order valence-corrected chi connectivity index (χ2v) is 10.3. The van der Waals surface area contributed by atoms with Crippen LogP contribution in [0, 0.1) is 0 Å². The molecular formula is C21H25O2PS. The van der Waals surface area contributed by atoms with Crippen molar-refractivity contribution in [1.82, 2.24) is 0 Å². The first-order valence-electron chi connectivity index (χ1n) is 8.86. The van der Waals surface area contributed by atoms with Gasteiger partial charge >= 0.3 is 0 Å². The quantitative estimate of drug-likeness (QED) is 0.597. The molecule has 25 heavy (non-hydrogen) atoms. The van der Waals surface area contributed by atoms with Gasteiger partial charge in [-0.15, -0.1) is 0 Å². The fourth-order valence-electron chi connectivity index (χ4n) is 3.34. The van der Waals surface area contributed by atoms with E-state index in [1.54, 1.807) is 0 Å². The summed E-state index contributed by atoms with van der Waals surface area (Å²) < 4.78 is 0. The molecule has 0 radical (unpaired) electrons. The van der Waals surface area contributed by atoms with Crippen LogP contribution in [0.4, 0.5) is 0 Å². The van der Waals surface area contributed by atoms with E-state index in [4.69, 9.17) is 0 Å². The molecule has 3 rings (SSSR count). The van der Waals surface area contributed by atoms with Gasteiger partial charge in [-0.1, -0.05) is 53.7 Å². The van der Waals surface area contributed by atoms with Crippen molar-refractivity contribution < 1.29 is 9.59 Å². The van der Waals surface area contributed by atoms with E-state index in [1.807, 2.05) is 10.8 Å². The van der Waals surface area contributed by atoms with Crippen molar-refractivity contribution in [3.63, 3.8) is 0 Å². The standard InChI is InChI=1S/C21H25O2PS/c1-11(2)14-7-15(12(3)4)19(16(8-14)13(5)6)24-20(22)17-9-25-10-18(17)21(24)23/h7-13H,1-6H3. The van der Waals surface area contributed by atoms with Gasteiger partial charge in [0, 0.05) is 21.9 Å². The molecule has 0 fully saturated rings. The first kappa shape index (κ1) is 18.5. The van der Waals surface area contributed by atoms with Crippen molar-refractivity contribution in [2.75, 3.05) is 0 Å². The van der Waals surface area contributed by atoms with E-state index in [9.17, 15) is 9.59 Å². The minimum Gasteiger partial charge on any atom is -0.288 e. The number of hydrogen-bond donors (Lipinski definition) is 0. The average Bonchev–Trinajstić information content (AvgIpc) is 3.10. The third kappa shape index (κ3) is 3.02. The summed E-state index contributed by atoms with van der Waals surface area (Å²) in [4.78, 5) is 26.1. The lowest BCUT2D eigenvalue weighted by atomic mass is 9.89. The van der Waals surface area contributed by atoms with Crippen LogP contribution < -0.4 is 5.30 Å². The summed E-state index contributed by atoms with van der Waals surface area (Å²) in [5, 5.41) is 4.70. The summed E-state index contributed by atoms with van der Waals surface area (Å²) in [6, 6.07) is 4.45. The number of benzene rings is 1. The molecule has 0 spiro atoms. The van der Waals surface area contributed by atoms with Gasteiger partial charge in [0.25, 0.3) is 0 Å². The lowest BCUT2D eigenvalue weighted by Crippen LogP contribution is -2.22. The molecule has 0 unspecified atom stereocenters. The van der Waals surface area contributed by atoms with Crippen molar-refractivity contribution in [3.05, 3.63) is 50.7 Å². The van der Waals surface area contributed by atoms with E-state index in [1.165, 1.54) is 28.0 Å². The molecule has 1 aliphatic heterocycles. The Morgan fingerprint density at radius 2 is 1.20 bits per heavy atom. The minimum absolute atomic E-state index is 0.0392. The largest absolute Gasteiger partial charge is 0.288 e. The number of hydrogen-bond acceptors (Lipinski definition) is 3. The Morgan fingerprint density at radius 3 is 1.56 bits per heavy atom. The molecule has 0 atom stereocenters. The van der Waals surface area contributed by atoms with Crippen LogP contribution in [0.1, 0.15) is 96.7 Å². The number of carbonyl (C=O) groups is 2. The smallest absolute Gasteiger partial charge is 0.198 e. The third-order valence-electron chi connectivity index (χ3n) is 4.85. The summed E-state index contributed by atoms with van der Waals surface area (Å²) in [5.74, 6) is 0.993. The number of rotatable bonds is 4. The van der Waals surface area contributed by atoms with Crippen LogP contribution in [0.15, 0.2) is 22.9 Å². The second-order valence-electron chi connectivity index (χ2n) is 7.66. The lowest BCUT2D eigenvalue weighted by molar-refractivity contribution is 0.107. The number of thiophene rings is 1. The summed E-state index contributed by atoms with van der Waals surface area (Å²) in [6.45, 7) is 13.0. The highest BCUT2D eigenvalue weighted by Crippen LogP contribution is 2.53. The molecule has 1 aliphatic rings.